The summed E-state index contributed by atoms with van der Waals surface area (Å²) in [4.78, 5) is 21.3. The predicted octanol–water partition coefficient (Wildman–Crippen LogP) is 2.31. The number of aromatic nitrogens is 2. The summed E-state index contributed by atoms with van der Waals surface area (Å²) in [5, 5.41) is 0. The van der Waals surface area contributed by atoms with Crippen LogP contribution in [-0.2, 0) is 0 Å². The molecule has 0 unspecified atom stereocenters. The number of carbonyl (C=O) groups is 1. The first-order valence-electron chi connectivity index (χ1n) is 8.37. The lowest BCUT2D eigenvalue weighted by Gasteiger charge is -2.36. The van der Waals surface area contributed by atoms with Crippen LogP contribution in [0.15, 0.2) is 54.9 Å². The molecule has 0 radical (unpaired) electrons. The molecule has 1 fully saturated rings. The molecule has 6 nitrogen and oxygen atoms in total. The zero-order valence-electron chi connectivity index (χ0n) is 14.1. The second kappa shape index (κ2) is 6.47. The van der Waals surface area contributed by atoms with Crippen molar-refractivity contribution in [3.8, 4) is 5.75 Å². The minimum Gasteiger partial charge on any atom is -0.495 e. The smallest absolute Gasteiger partial charge is 0.271 e. The number of carbonyl (C=O) groups excluding carboxylic acids is 1. The van der Waals surface area contributed by atoms with Crippen LogP contribution in [0, 0.1) is 0 Å². The van der Waals surface area contributed by atoms with Gasteiger partial charge in [0.15, 0.2) is 0 Å². The van der Waals surface area contributed by atoms with Crippen LogP contribution in [0.4, 0.5) is 5.69 Å². The van der Waals surface area contributed by atoms with E-state index in [1.165, 1.54) is 0 Å². The van der Waals surface area contributed by atoms with Gasteiger partial charge in [0.25, 0.3) is 5.91 Å². The van der Waals surface area contributed by atoms with E-state index in [2.05, 4.69) is 16.0 Å². The summed E-state index contributed by atoms with van der Waals surface area (Å²) in [6.07, 6.45) is 3.54. The van der Waals surface area contributed by atoms with Crippen LogP contribution in [0.3, 0.4) is 0 Å². The van der Waals surface area contributed by atoms with Crippen molar-refractivity contribution in [3.63, 3.8) is 0 Å². The van der Waals surface area contributed by atoms with Crippen LogP contribution in [0.5, 0.6) is 5.75 Å². The van der Waals surface area contributed by atoms with Crippen molar-refractivity contribution in [2.75, 3.05) is 38.2 Å². The average molecular weight is 336 g/mol. The first kappa shape index (κ1) is 15.5. The van der Waals surface area contributed by atoms with E-state index in [-0.39, 0.29) is 5.91 Å². The number of anilines is 1. The molecule has 1 aliphatic rings. The number of fused-ring (bicyclic) bond motifs is 1. The topological polar surface area (TPSA) is 50.1 Å². The summed E-state index contributed by atoms with van der Waals surface area (Å²) in [5.41, 5.74) is 2.52. The van der Waals surface area contributed by atoms with E-state index in [0.717, 1.165) is 30.2 Å². The summed E-state index contributed by atoms with van der Waals surface area (Å²) >= 11 is 0. The Hall–Kier alpha value is -3.02. The van der Waals surface area contributed by atoms with Gasteiger partial charge in [-0.3, -0.25) is 9.20 Å². The van der Waals surface area contributed by atoms with Crippen LogP contribution < -0.4 is 9.64 Å². The maximum atomic E-state index is 12.9. The SMILES string of the molecule is COc1ccccc1N1CCN(C(=O)c2cccc3nccn23)CC1. The molecule has 0 aliphatic carbocycles. The van der Waals surface area contributed by atoms with Gasteiger partial charge in [0, 0.05) is 38.6 Å². The Kier molecular flexibility index (Phi) is 4.01. The van der Waals surface area contributed by atoms with E-state index in [1.54, 1.807) is 13.3 Å². The van der Waals surface area contributed by atoms with Crippen molar-refractivity contribution in [2.45, 2.75) is 0 Å². The largest absolute Gasteiger partial charge is 0.495 e. The molecule has 4 rings (SSSR count). The number of methoxy groups -OCH3 is 1. The van der Waals surface area contributed by atoms with E-state index in [4.69, 9.17) is 4.74 Å². The second-order valence-corrected chi connectivity index (χ2v) is 6.02. The average Bonchev–Trinajstić information content (AvgIpc) is 3.16. The Balaban J connectivity index is 1.50. The van der Waals surface area contributed by atoms with Crippen molar-refractivity contribution in [1.82, 2.24) is 14.3 Å². The highest BCUT2D eigenvalue weighted by atomic mass is 16.5. The van der Waals surface area contributed by atoms with Gasteiger partial charge in [0.05, 0.1) is 12.8 Å². The molecule has 3 aromatic rings. The molecule has 0 spiro atoms. The number of pyridine rings is 1. The van der Waals surface area contributed by atoms with Crippen molar-refractivity contribution < 1.29 is 9.53 Å². The first-order chi connectivity index (χ1) is 12.3. The van der Waals surface area contributed by atoms with Gasteiger partial charge in [-0.2, -0.15) is 0 Å². The van der Waals surface area contributed by atoms with Gasteiger partial charge in [0.1, 0.15) is 17.1 Å². The number of piperazine rings is 1. The molecule has 3 heterocycles. The molecule has 0 bridgehead atoms. The molecule has 0 saturated carbocycles. The van der Waals surface area contributed by atoms with E-state index < -0.39 is 0 Å². The minimum absolute atomic E-state index is 0.0447. The highest BCUT2D eigenvalue weighted by Crippen LogP contribution is 2.28. The van der Waals surface area contributed by atoms with Gasteiger partial charge in [0.2, 0.25) is 0 Å². The fourth-order valence-electron chi connectivity index (χ4n) is 3.33. The zero-order chi connectivity index (χ0) is 17.2. The zero-order valence-corrected chi connectivity index (χ0v) is 14.1. The van der Waals surface area contributed by atoms with E-state index >= 15 is 0 Å². The molecule has 0 atom stereocenters. The molecular formula is C19H20N4O2. The summed E-state index contributed by atoms with van der Waals surface area (Å²) in [7, 11) is 1.68. The number of benzene rings is 1. The van der Waals surface area contributed by atoms with Crippen LogP contribution in [0.25, 0.3) is 5.65 Å². The standard InChI is InChI=1S/C19H20N4O2/c1-25-17-7-3-2-5-15(17)21-11-13-22(14-12-21)19(24)16-6-4-8-18-20-9-10-23(16)18/h2-10H,11-14H2,1H3. The lowest BCUT2D eigenvalue weighted by molar-refractivity contribution is 0.0739. The van der Waals surface area contributed by atoms with Crippen molar-refractivity contribution in [3.05, 3.63) is 60.6 Å². The van der Waals surface area contributed by atoms with Gasteiger partial charge in [-0.1, -0.05) is 18.2 Å². The molecule has 25 heavy (non-hydrogen) atoms. The number of imidazole rings is 1. The lowest BCUT2D eigenvalue weighted by Crippen LogP contribution is -2.49. The number of nitrogens with zero attached hydrogens (tertiary/aromatic N) is 4. The maximum absolute atomic E-state index is 12.9. The fourth-order valence-corrected chi connectivity index (χ4v) is 3.33. The number of para-hydroxylation sites is 2. The number of hydrogen-bond donors (Lipinski definition) is 0. The summed E-state index contributed by atoms with van der Waals surface area (Å²) in [6.45, 7) is 2.93. The van der Waals surface area contributed by atoms with Gasteiger partial charge in [-0.25, -0.2) is 4.98 Å². The quantitative estimate of drug-likeness (QED) is 0.736. The first-order valence-corrected chi connectivity index (χ1v) is 8.37. The molecule has 6 heteroatoms. The van der Waals surface area contributed by atoms with Crippen LogP contribution in [0.2, 0.25) is 0 Å². The van der Waals surface area contributed by atoms with Crippen LogP contribution in [-0.4, -0.2) is 53.5 Å². The Morgan fingerprint density at radius 3 is 2.64 bits per heavy atom. The van der Waals surface area contributed by atoms with E-state index in [9.17, 15) is 4.79 Å². The summed E-state index contributed by atoms with van der Waals surface area (Å²) < 4.78 is 7.29. The summed E-state index contributed by atoms with van der Waals surface area (Å²) in [6, 6.07) is 13.6. The Bertz CT molecular complexity index is 897. The van der Waals surface area contributed by atoms with Gasteiger partial charge in [-0.15, -0.1) is 0 Å². The monoisotopic (exact) mass is 336 g/mol. The Labute approximate surface area is 146 Å². The van der Waals surface area contributed by atoms with E-state index in [1.807, 2.05) is 51.9 Å². The summed E-state index contributed by atoms with van der Waals surface area (Å²) in [5.74, 6) is 0.911. The van der Waals surface area contributed by atoms with Gasteiger partial charge >= 0.3 is 0 Å². The molecule has 1 aromatic carbocycles. The Morgan fingerprint density at radius 1 is 1.04 bits per heavy atom. The number of amides is 1. The third-order valence-corrected chi connectivity index (χ3v) is 4.64. The molecule has 1 amide bonds. The molecule has 1 saturated heterocycles. The maximum Gasteiger partial charge on any atom is 0.271 e. The van der Waals surface area contributed by atoms with Gasteiger partial charge < -0.3 is 14.5 Å². The van der Waals surface area contributed by atoms with Crippen molar-refractivity contribution >= 4 is 17.2 Å². The van der Waals surface area contributed by atoms with Gasteiger partial charge in [-0.05, 0) is 24.3 Å². The molecule has 128 valence electrons. The molecule has 2 aromatic heterocycles. The highest BCUT2D eigenvalue weighted by molar-refractivity contribution is 5.93. The Morgan fingerprint density at radius 2 is 1.84 bits per heavy atom. The number of ether oxygens (including phenoxy) is 1. The predicted molar refractivity (Wildman–Crippen MR) is 96.3 cm³/mol. The van der Waals surface area contributed by atoms with E-state index in [0.29, 0.717) is 18.8 Å². The lowest BCUT2D eigenvalue weighted by atomic mass is 10.2. The third-order valence-electron chi connectivity index (χ3n) is 4.64. The van der Waals surface area contributed by atoms with Crippen LogP contribution in [0.1, 0.15) is 10.5 Å². The third kappa shape index (κ3) is 2.80. The van der Waals surface area contributed by atoms with Crippen molar-refractivity contribution in [2.24, 2.45) is 0 Å². The van der Waals surface area contributed by atoms with Crippen LogP contribution >= 0.6 is 0 Å². The number of hydrogen-bond acceptors (Lipinski definition) is 4. The normalized spacial score (nSPS) is 14.8. The fraction of sp³-hybridized carbons (Fsp3) is 0.263. The minimum atomic E-state index is 0.0447. The second-order valence-electron chi connectivity index (χ2n) is 6.02. The van der Waals surface area contributed by atoms with Crippen molar-refractivity contribution in [1.29, 1.82) is 0 Å². The highest BCUT2D eigenvalue weighted by Gasteiger charge is 2.24. The number of rotatable bonds is 3. The molecular weight excluding hydrogens is 316 g/mol. The molecule has 0 N–H and O–H groups in total. The molecule has 1 aliphatic heterocycles.